The lowest BCUT2D eigenvalue weighted by molar-refractivity contribution is -0.137. The number of nitrogens with zero attached hydrogens (tertiary/aromatic N) is 2. The van der Waals surface area contributed by atoms with Crippen LogP contribution in [0.4, 0.5) is 24.7 Å². The Balaban J connectivity index is 1.81. The number of anilines is 2. The number of pyridine rings is 1. The van der Waals surface area contributed by atoms with Crippen molar-refractivity contribution < 1.29 is 13.2 Å². The van der Waals surface area contributed by atoms with Crippen LogP contribution >= 0.6 is 0 Å². The zero-order valence-electron chi connectivity index (χ0n) is 15.3. The summed E-state index contributed by atoms with van der Waals surface area (Å²) in [6, 6.07) is 7.79. The number of rotatable bonds is 6. The third-order valence-electron chi connectivity index (χ3n) is 4.70. The second-order valence-corrected chi connectivity index (χ2v) is 7.27. The first-order valence-electron chi connectivity index (χ1n) is 8.87. The van der Waals surface area contributed by atoms with E-state index in [0.717, 1.165) is 18.7 Å². The molecule has 0 atom stereocenters. The number of halogens is 3. The number of benzene rings is 1. The molecule has 1 aliphatic carbocycles. The molecule has 1 fully saturated rings. The van der Waals surface area contributed by atoms with E-state index in [1.807, 2.05) is 12.3 Å². The Kier molecular flexibility index (Phi) is 5.23. The molecule has 1 heterocycles. The van der Waals surface area contributed by atoms with Gasteiger partial charge in [0.05, 0.1) is 5.56 Å². The number of hydrogen-bond donors (Lipinski definition) is 1. The van der Waals surface area contributed by atoms with E-state index in [1.165, 1.54) is 30.0 Å². The highest BCUT2D eigenvalue weighted by atomic mass is 19.4. The first kappa shape index (κ1) is 18.7. The number of alkyl halides is 3. The Morgan fingerprint density at radius 3 is 2.58 bits per heavy atom. The second-order valence-electron chi connectivity index (χ2n) is 7.27. The largest absolute Gasteiger partial charge is 0.416 e. The standard InChI is InChI=1S/C20H24F3N3/c1-13(2)18-10-19(24-11-14(18)12-26(3)17-7-8-17)25-16-6-4-5-15(9-16)20(21,22)23/h4-6,9-11,13,17H,7-8,12H2,1-3H3,(H,24,25). The number of aromatic nitrogens is 1. The molecule has 0 spiro atoms. The van der Waals surface area contributed by atoms with Crippen LogP contribution in [-0.4, -0.2) is 23.0 Å². The van der Waals surface area contributed by atoms with Crippen LogP contribution in [0.1, 0.15) is 49.3 Å². The van der Waals surface area contributed by atoms with Gasteiger partial charge in [-0.15, -0.1) is 0 Å². The van der Waals surface area contributed by atoms with Gasteiger partial charge in [-0.1, -0.05) is 19.9 Å². The van der Waals surface area contributed by atoms with Crippen molar-refractivity contribution >= 4 is 11.5 Å². The fraction of sp³-hybridized carbons (Fsp3) is 0.450. The quantitative estimate of drug-likeness (QED) is 0.728. The number of nitrogens with one attached hydrogen (secondary N) is 1. The summed E-state index contributed by atoms with van der Waals surface area (Å²) >= 11 is 0. The van der Waals surface area contributed by atoms with Gasteiger partial charge in [0.15, 0.2) is 0 Å². The minimum atomic E-state index is -4.36. The summed E-state index contributed by atoms with van der Waals surface area (Å²) in [5, 5.41) is 3.00. The maximum Gasteiger partial charge on any atom is 0.416 e. The first-order chi connectivity index (χ1) is 12.2. The summed E-state index contributed by atoms with van der Waals surface area (Å²) < 4.78 is 38.6. The van der Waals surface area contributed by atoms with Gasteiger partial charge in [0.1, 0.15) is 5.82 Å². The van der Waals surface area contributed by atoms with E-state index in [-0.39, 0.29) is 0 Å². The van der Waals surface area contributed by atoms with Gasteiger partial charge in [-0.25, -0.2) is 4.98 Å². The van der Waals surface area contributed by atoms with Crippen LogP contribution in [0, 0.1) is 0 Å². The Morgan fingerprint density at radius 2 is 1.96 bits per heavy atom. The van der Waals surface area contributed by atoms with Crippen molar-refractivity contribution in [3.8, 4) is 0 Å². The molecule has 0 bridgehead atoms. The molecule has 3 nitrogen and oxygen atoms in total. The Labute approximate surface area is 152 Å². The van der Waals surface area contributed by atoms with Gasteiger partial charge in [0.25, 0.3) is 0 Å². The lowest BCUT2D eigenvalue weighted by Crippen LogP contribution is -2.21. The van der Waals surface area contributed by atoms with Gasteiger partial charge >= 0.3 is 6.18 Å². The summed E-state index contributed by atoms with van der Waals surface area (Å²) in [6.07, 6.45) is -0.0259. The molecule has 3 rings (SSSR count). The molecule has 1 aromatic carbocycles. The monoisotopic (exact) mass is 363 g/mol. The van der Waals surface area contributed by atoms with Gasteiger partial charge in [0, 0.05) is 24.5 Å². The molecule has 1 aromatic heterocycles. The predicted octanol–water partition coefficient (Wildman–Crippen LogP) is 5.56. The molecular formula is C20H24F3N3. The second kappa shape index (κ2) is 7.27. The van der Waals surface area contributed by atoms with Gasteiger partial charge in [-0.3, -0.25) is 4.90 Å². The molecule has 0 radical (unpaired) electrons. The van der Waals surface area contributed by atoms with Crippen molar-refractivity contribution in [3.05, 3.63) is 53.2 Å². The summed E-state index contributed by atoms with van der Waals surface area (Å²) in [5.74, 6) is 0.869. The third-order valence-corrected chi connectivity index (χ3v) is 4.70. The van der Waals surface area contributed by atoms with Gasteiger partial charge in [-0.2, -0.15) is 13.2 Å². The fourth-order valence-electron chi connectivity index (χ4n) is 3.07. The summed E-state index contributed by atoms with van der Waals surface area (Å²) in [7, 11) is 2.12. The van der Waals surface area contributed by atoms with Crippen LogP contribution in [0.15, 0.2) is 36.5 Å². The normalized spacial score (nSPS) is 14.9. The van der Waals surface area contributed by atoms with Crippen LogP contribution < -0.4 is 5.32 Å². The van der Waals surface area contributed by atoms with Crippen molar-refractivity contribution in [1.29, 1.82) is 0 Å². The summed E-state index contributed by atoms with van der Waals surface area (Å²) in [5.41, 5.74) is 2.05. The molecule has 26 heavy (non-hydrogen) atoms. The average molecular weight is 363 g/mol. The van der Waals surface area contributed by atoms with E-state index in [2.05, 4.69) is 36.1 Å². The van der Waals surface area contributed by atoms with E-state index in [0.29, 0.717) is 23.5 Å². The first-order valence-corrected chi connectivity index (χ1v) is 8.87. The van der Waals surface area contributed by atoms with Crippen LogP contribution in [-0.2, 0) is 12.7 Å². The molecule has 140 valence electrons. The van der Waals surface area contributed by atoms with Crippen LogP contribution in [0.3, 0.4) is 0 Å². The molecular weight excluding hydrogens is 339 g/mol. The molecule has 1 N–H and O–H groups in total. The summed E-state index contributed by atoms with van der Waals surface area (Å²) in [4.78, 5) is 6.76. The molecule has 1 saturated carbocycles. The Hall–Kier alpha value is -2.08. The maximum absolute atomic E-state index is 12.9. The highest BCUT2D eigenvalue weighted by Gasteiger charge is 2.30. The summed E-state index contributed by atoms with van der Waals surface area (Å²) in [6.45, 7) is 5.07. The molecule has 0 saturated heterocycles. The average Bonchev–Trinajstić information content (AvgIpc) is 3.40. The Bertz CT molecular complexity index is 767. The maximum atomic E-state index is 12.9. The molecule has 0 unspecified atom stereocenters. The van der Waals surface area contributed by atoms with Gasteiger partial charge < -0.3 is 5.32 Å². The smallest absolute Gasteiger partial charge is 0.340 e. The van der Waals surface area contributed by atoms with Crippen molar-refractivity contribution in [2.75, 3.05) is 12.4 Å². The molecule has 0 aliphatic heterocycles. The number of hydrogen-bond acceptors (Lipinski definition) is 3. The highest BCUT2D eigenvalue weighted by molar-refractivity contribution is 5.58. The predicted molar refractivity (Wildman–Crippen MR) is 97.5 cm³/mol. The van der Waals surface area contributed by atoms with E-state index in [9.17, 15) is 13.2 Å². The molecule has 1 aliphatic rings. The van der Waals surface area contributed by atoms with E-state index < -0.39 is 11.7 Å². The van der Waals surface area contributed by atoms with Crippen LogP contribution in [0.2, 0.25) is 0 Å². The van der Waals surface area contributed by atoms with Gasteiger partial charge in [0.2, 0.25) is 0 Å². The molecule has 0 amide bonds. The zero-order chi connectivity index (χ0) is 18.9. The highest BCUT2D eigenvalue weighted by Crippen LogP contribution is 2.32. The molecule has 6 heteroatoms. The van der Waals surface area contributed by atoms with Crippen LogP contribution in [0.25, 0.3) is 0 Å². The third kappa shape index (κ3) is 4.55. The lowest BCUT2D eigenvalue weighted by Gasteiger charge is -2.20. The van der Waals surface area contributed by atoms with Crippen molar-refractivity contribution in [1.82, 2.24) is 9.88 Å². The minimum Gasteiger partial charge on any atom is -0.340 e. The fourth-order valence-corrected chi connectivity index (χ4v) is 3.07. The van der Waals surface area contributed by atoms with Crippen molar-refractivity contribution in [2.45, 2.75) is 51.4 Å². The topological polar surface area (TPSA) is 28.2 Å². The SMILES string of the molecule is CC(C)c1cc(Nc2cccc(C(F)(F)F)c2)ncc1CN(C)C1CC1. The lowest BCUT2D eigenvalue weighted by atomic mass is 9.98. The Morgan fingerprint density at radius 1 is 1.23 bits per heavy atom. The van der Waals surface area contributed by atoms with Crippen LogP contribution in [0.5, 0.6) is 0 Å². The molecule has 2 aromatic rings. The van der Waals surface area contributed by atoms with E-state index in [1.54, 1.807) is 6.07 Å². The van der Waals surface area contributed by atoms with Crippen molar-refractivity contribution in [2.24, 2.45) is 0 Å². The van der Waals surface area contributed by atoms with Crippen molar-refractivity contribution in [3.63, 3.8) is 0 Å². The van der Waals surface area contributed by atoms with Gasteiger partial charge in [-0.05, 0) is 61.2 Å². The minimum absolute atomic E-state index is 0.308. The zero-order valence-corrected chi connectivity index (χ0v) is 15.3. The van der Waals surface area contributed by atoms with E-state index in [4.69, 9.17) is 0 Å². The van der Waals surface area contributed by atoms with E-state index >= 15 is 0 Å².